The van der Waals surface area contributed by atoms with Crippen molar-refractivity contribution < 1.29 is 18.9 Å². The van der Waals surface area contributed by atoms with Gasteiger partial charge in [0.2, 0.25) is 5.75 Å². The zero-order valence-electron chi connectivity index (χ0n) is 16.8. The van der Waals surface area contributed by atoms with E-state index in [2.05, 4.69) is 10.3 Å². The van der Waals surface area contributed by atoms with Gasteiger partial charge in [0.1, 0.15) is 5.75 Å². The van der Waals surface area contributed by atoms with E-state index in [4.69, 9.17) is 24.7 Å². The van der Waals surface area contributed by atoms with Crippen molar-refractivity contribution in [3.8, 4) is 23.0 Å². The van der Waals surface area contributed by atoms with Crippen LogP contribution < -0.4 is 30.0 Å². The molecule has 0 aliphatic heterocycles. The number of methoxy groups -OCH3 is 3. The smallest absolute Gasteiger partial charge is 0.203 e. The van der Waals surface area contributed by atoms with E-state index in [-0.39, 0.29) is 30.1 Å². The van der Waals surface area contributed by atoms with E-state index in [0.29, 0.717) is 29.8 Å². The third-order valence-electron chi connectivity index (χ3n) is 3.65. The van der Waals surface area contributed by atoms with Crippen LogP contribution in [0.25, 0.3) is 0 Å². The topological polar surface area (TPSA) is 87.3 Å². The summed E-state index contributed by atoms with van der Waals surface area (Å²) in [5, 5.41) is 3.06. The maximum Gasteiger partial charge on any atom is 0.203 e. The Labute approximate surface area is 183 Å². The van der Waals surface area contributed by atoms with Gasteiger partial charge in [-0.2, -0.15) is 0 Å². The van der Waals surface area contributed by atoms with Crippen LogP contribution in [-0.2, 0) is 6.54 Å². The van der Waals surface area contributed by atoms with E-state index in [1.54, 1.807) is 21.3 Å². The van der Waals surface area contributed by atoms with Crippen molar-refractivity contribution in [2.75, 3.05) is 26.6 Å². The van der Waals surface area contributed by atoms with Crippen molar-refractivity contribution in [3.63, 3.8) is 0 Å². The first-order chi connectivity index (χ1) is 13.0. The number of rotatable bonds is 8. The third kappa shape index (κ3) is 6.66. The summed E-state index contributed by atoms with van der Waals surface area (Å²) >= 11 is 0. The standard InChI is InChI=1S/C20H27N3O4.HI/c1-13(2)27-16-8-6-15(7-9-16)23-20(21)22-12-14-10-17(24-3)19(26-5)18(11-14)25-4;/h6-11,13H,12H2,1-5H3,(H3,21,22,23);1H. The molecule has 0 saturated heterocycles. The summed E-state index contributed by atoms with van der Waals surface area (Å²) in [7, 11) is 4.72. The highest BCUT2D eigenvalue weighted by atomic mass is 127. The van der Waals surface area contributed by atoms with E-state index < -0.39 is 0 Å². The van der Waals surface area contributed by atoms with E-state index in [1.165, 1.54) is 0 Å². The molecule has 2 aromatic rings. The van der Waals surface area contributed by atoms with Crippen LogP contribution in [0.4, 0.5) is 5.69 Å². The molecular formula is C20H28IN3O4. The number of hydrogen-bond donors (Lipinski definition) is 2. The summed E-state index contributed by atoms with van der Waals surface area (Å²) in [4.78, 5) is 4.37. The molecule has 0 bridgehead atoms. The lowest BCUT2D eigenvalue weighted by Gasteiger charge is -2.13. The molecule has 28 heavy (non-hydrogen) atoms. The van der Waals surface area contributed by atoms with Gasteiger partial charge in [-0.3, -0.25) is 0 Å². The first kappa shape index (κ1) is 23.7. The van der Waals surface area contributed by atoms with Crippen molar-refractivity contribution >= 4 is 35.6 Å². The molecule has 2 aromatic carbocycles. The Morgan fingerprint density at radius 1 is 1.00 bits per heavy atom. The van der Waals surface area contributed by atoms with Crippen molar-refractivity contribution in [1.82, 2.24) is 0 Å². The summed E-state index contributed by atoms with van der Waals surface area (Å²) in [5.41, 5.74) is 7.70. The molecule has 0 aliphatic carbocycles. The predicted octanol–water partition coefficient (Wildman–Crippen LogP) is 4.04. The normalized spacial score (nSPS) is 10.9. The number of guanidine groups is 1. The number of nitrogens with two attached hydrogens (primary N) is 1. The monoisotopic (exact) mass is 501 g/mol. The lowest BCUT2D eigenvalue weighted by Crippen LogP contribution is -2.22. The second-order valence-electron chi connectivity index (χ2n) is 6.05. The Balaban J connectivity index is 0.00000392. The van der Waals surface area contributed by atoms with Crippen LogP contribution in [0.2, 0.25) is 0 Å². The number of hydrogen-bond acceptors (Lipinski definition) is 5. The van der Waals surface area contributed by atoms with Crippen molar-refractivity contribution in [1.29, 1.82) is 0 Å². The highest BCUT2D eigenvalue weighted by Crippen LogP contribution is 2.38. The van der Waals surface area contributed by atoms with Gasteiger partial charge in [-0.25, -0.2) is 4.99 Å². The van der Waals surface area contributed by atoms with Crippen molar-refractivity contribution in [2.45, 2.75) is 26.5 Å². The van der Waals surface area contributed by atoms with Crippen LogP contribution in [0, 0.1) is 0 Å². The average molecular weight is 501 g/mol. The van der Waals surface area contributed by atoms with Crippen LogP contribution in [0.3, 0.4) is 0 Å². The van der Waals surface area contributed by atoms with Gasteiger partial charge in [0, 0.05) is 5.69 Å². The minimum absolute atomic E-state index is 0. The zero-order chi connectivity index (χ0) is 19.8. The van der Waals surface area contributed by atoms with Gasteiger partial charge in [-0.15, -0.1) is 24.0 Å². The van der Waals surface area contributed by atoms with Crippen LogP contribution in [0.15, 0.2) is 41.4 Å². The fourth-order valence-corrected chi connectivity index (χ4v) is 2.48. The molecular weight excluding hydrogens is 473 g/mol. The van der Waals surface area contributed by atoms with Gasteiger partial charge in [-0.1, -0.05) is 0 Å². The number of ether oxygens (including phenoxy) is 4. The fraction of sp³-hybridized carbons (Fsp3) is 0.350. The molecule has 0 aromatic heterocycles. The molecule has 0 fully saturated rings. The molecule has 0 unspecified atom stereocenters. The largest absolute Gasteiger partial charge is 0.493 e. The summed E-state index contributed by atoms with van der Waals surface area (Å²) in [5.74, 6) is 2.82. The summed E-state index contributed by atoms with van der Waals surface area (Å²) in [6.07, 6.45) is 0.133. The second kappa shape index (κ2) is 11.5. The number of nitrogens with one attached hydrogen (secondary N) is 1. The molecule has 0 radical (unpaired) electrons. The summed E-state index contributed by atoms with van der Waals surface area (Å²) < 4.78 is 21.6. The Bertz CT molecular complexity index is 755. The van der Waals surface area contributed by atoms with Gasteiger partial charge in [0.05, 0.1) is 34.0 Å². The molecule has 0 amide bonds. The number of anilines is 1. The minimum atomic E-state index is 0. The van der Waals surface area contributed by atoms with E-state index in [9.17, 15) is 0 Å². The van der Waals surface area contributed by atoms with Crippen molar-refractivity contribution in [2.24, 2.45) is 10.7 Å². The number of nitrogens with zero attached hydrogens (tertiary/aromatic N) is 1. The molecule has 0 aliphatic rings. The van der Waals surface area contributed by atoms with Gasteiger partial charge >= 0.3 is 0 Å². The SMILES string of the molecule is COc1cc(CN=C(N)Nc2ccc(OC(C)C)cc2)cc(OC)c1OC.I. The Morgan fingerprint density at radius 2 is 1.57 bits per heavy atom. The predicted molar refractivity (Wildman–Crippen MR) is 123 cm³/mol. The summed E-state index contributed by atoms with van der Waals surface area (Å²) in [6, 6.07) is 11.2. The first-order valence-corrected chi connectivity index (χ1v) is 8.59. The molecule has 3 N–H and O–H groups in total. The fourth-order valence-electron chi connectivity index (χ4n) is 2.48. The van der Waals surface area contributed by atoms with Gasteiger partial charge < -0.3 is 30.0 Å². The lowest BCUT2D eigenvalue weighted by atomic mass is 10.2. The number of halogens is 1. The maximum atomic E-state index is 5.99. The Hall–Kier alpha value is -2.36. The highest BCUT2D eigenvalue weighted by molar-refractivity contribution is 14.0. The molecule has 7 nitrogen and oxygen atoms in total. The molecule has 8 heteroatoms. The van der Waals surface area contributed by atoms with Gasteiger partial charge in [0.25, 0.3) is 0 Å². The molecule has 0 spiro atoms. The van der Waals surface area contributed by atoms with Crippen LogP contribution in [-0.4, -0.2) is 33.4 Å². The zero-order valence-corrected chi connectivity index (χ0v) is 19.1. The van der Waals surface area contributed by atoms with E-state index in [1.807, 2.05) is 50.2 Å². The molecule has 0 saturated carbocycles. The highest BCUT2D eigenvalue weighted by Gasteiger charge is 2.13. The third-order valence-corrected chi connectivity index (χ3v) is 3.65. The van der Waals surface area contributed by atoms with Crippen LogP contribution in [0.5, 0.6) is 23.0 Å². The lowest BCUT2D eigenvalue weighted by molar-refractivity contribution is 0.242. The minimum Gasteiger partial charge on any atom is -0.493 e. The van der Waals surface area contributed by atoms with Crippen LogP contribution >= 0.6 is 24.0 Å². The van der Waals surface area contributed by atoms with Gasteiger partial charge in [0.15, 0.2) is 17.5 Å². The first-order valence-electron chi connectivity index (χ1n) is 8.59. The molecule has 154 valence electrons. The van der Waals surface area contributed by atoms with Gasteiger partial charge in [-0.05, 0) is 55.8 Å². The van der Waals surface area contributed by atoms with Crippen molar-refractivity contribution in [3.05, 3.63) is 42.0 Å². The quantitative estimate of drug-likeness (QED) is 0.323. The molecule has 0 atom stereocenters. The summed E-state index contributed by atoms with van der Waals surface area (Å²) in [6.45, 7) is 4.34. The van der Waals surface area contributed by atoms with E-state index in [0.717, 1.165) is 17.0 Å². The maximum absolute atomic E-state index is 5.99. The Kier molecular flexibility index (Phi) is 9.70. The second-order valence-corrected chi connectivity index (χ2v) is 6.05. The number of aliphatic imine (C=N–C) groups is 1. The molecule has 0 heterocycles. The Morgan fingerprint density at radius 3 is 2.04 bits per heavy atom. The molecule has 2 rings (SSSR count). The number of benzene rings is 2. The van der Waals surface area contributed by atoms with Crippen LogP contribution in [0.1, 0.15) is 19.4 Å². The van der Waals surface area contributed by atoms with E-state index >= 15 is 0 Å². The average Bonchev–Trinajstić information content (AvgIpc) is 2.66.